The molecule has 0 saturated carbocycles. The summed E-state index contributed by atoms with van der Waals surface area (Å²) in [6.45, 7) is 5.72. The Balaban J connectivity index is 1.62. The first kappa shape index (κ1) is 15.9. The minimum Gasteiger partial charge on any atom is -0.334 e. The molecule has 0 atom stereocenters. The lowest BCUT2D eigenvalue weighted by molar-refractivity contribution is -0.883. The minimum absolute atomic E-state index is 0.154. The van der Waals surface area contributed by atoms with Crippen LogP contribution in [0.3, 0.4) is 0 Å². The molecular weight excluding hydrogens is 312 g/mol. The molecule has 0 bridgehead atoms. The van der Waals surface area contributed by atoms with Crippen LogP contribution in [-0.4, -0.2) is 70.0 Å². The van der Waals surface area contributed by atoms with Gasteiger partial charge < -0.3 is 9.80 Å². The Morgan fingerprint density at radius 3 is 2.65 bits per heavy atom. The number of carbonyl (C=O) groups is 1. The maximum absolute atomic E-state index is 12.3. The van der Waals surface area contributed by atoms with Crippen LogP contribution in [0.1, 0.15) is 5.56 Å². The summed E-state index contributed by atoms with van der Waals surface area (Å²) in [6.07, 6.45) is 0. The van der Waals surface area contributed by atoms with Crippen LogP contribution in [0.2, 0.25) is 0 Å². The van der Waals surface area contributed by atoms with Gasteiger partial charge in [-0.05, 0) is 29.5 Å². The van der Waals surface area contributed by atoms with Crippen molar-refractivity contribution in [3.05, 3.63) is 29.8 Å². The molecule has 1 aliphatic heterocycles. The summed E-state index contributed by atoms with van der Waals surface area (Å²) in [5.74, 6) is 0.520. The number of aromatic nitrogens is 4. The van der Waals surface area contributed by atoms with Crippen molar-refractivity contribution in [1.82, 2.24) is 25.1 Å². The molecule has 0 radical (unpaired) electrons. The van der Waals surface area contributed by atoms with Gasteiger partial charge in [0.1, 0.15) is 0 Å². The second-order valence-corrected chi connectivity index (χ2v) is 6.78. The van der Waals surface area contributed by atoms with Gasteiger partial charge in [0.15, 0.2) is 0 Å². The number of hydrogen-bond donors (Lipinski definition) is 1. The number of likely N-dealkylation sites (N-methyl/N-ethyl adjacent to an activating group) is 1. The normalized spacial score (nSPS) is 15.8. The van der Waals surface area contributed by atoms with Gasteiger partial charge in [-0.3, -0.25) is 4.79 Å². The van der Waals surface area contributed by atoms with E-state index in [1.807, 2.05) is 36.1 Å². The maximum atomic E-state index is 12.3. The Kier molecular flexibility index (Phi) is 4.92. The van der Waals surface area contributed by atoms with E-state index in [0.717, 1.165) is 31.9 Å². The molecule has 23 heavy (non-hydrogen) atoms. The molecule has 1 amide bonds. The summed E-state index contributed by atoms with van der Waals surface area (Å²) in [5.41, 5.74) is 2.09. The van der Waals surface area contributed by atoms with Crippen LogP contribution in [0.15, 0.2) is 29.4 Å². The molecule has 0 aliphatic carbocycles. The van der Waals surface area contributed by atoms with Crippen molar-refractivity contribution in [1.29, 1.82) is 0 Å². The number of aryl methyl sites for hydroxylation is 1. The summed E-state index contributed by atoms with van der Waals surface area (Å²) in [7, 11) is 2.16. The van der Waals surface area contributed by atoms with Crippen molar-refractivity contribution in [3.63, 3.8) is 0 Å². The highest BCUT2D eigenvalue weighted by Gasteiger charge is 2.22. The number of amides is 1. The number of piperazine rings is 1. The smallest absolute Gasteiger partial charge is 0.233 e. The molecule has 1 aliphatic rings. The first-order valence-electron chi connectivity index (χ1n) is 7.71. The van der Waals surface area contributed by atoms with Gasteiger partial charge in [-0.2, -0.15) is 4.68 Å². The standard InChI is InChI=1S/C15H20N6OS/c1-12-3-5-13(6-4-12)21-15(16-17-18-21)23-11-14(22)20-9-7-19(2)8-10-20/h3-6H,7-11H2,1-2H3/p+1. The van der Waals surface area contributed by atoms with Gasteiger partial charge in [-0.25, -0.2) is 0 Å². The van der Waals surface area contributed by atoms with E-state index in [4.69, 9.17) is 0 Å². The van der Waals surface area contributed by atoms with Gasteiger partial charge in [0, 0.05) is 0 Å². The molecule has 1 aromatic heterocycles. The highest BCUT2D eigenvalue weighted by molar-refractivity contribution is 7.99. The highest BCUT2D eigenvalue weighted by Crippen LogP contribution is 2.18. The number of benzene rings is 1. The molecule has 1 saturated heterocycles. The highest BCUT2D eigenvalue weighted by atomic mass is 32.2. The summed E-state index contributed by atoms with van der Waals surface area (Å²) in [5, 5.41) is 12.4. The summed E-state index contributed by atoms with van der Waals surface area (Å²) in [4.78, 5) is 15.7. The lowest BCUT2D eigenvalue weighted by Crippen LogP contribution is -3.12. The zero-order valence-corrected chi connectivity index (χ0v) is 14.2. The largest absolute Gasteiger partial charge is 0.334 e. The molecule has 8 heteroatoms. The number of nitrogens with zero attached hydrogens (tertiary/aromatic N) is 5. The zero-order chi connectivity index (χ0) is 16.2. The predicted octanol–water partition coefficient (Wildman–Crippen LogP) is -0.580. The van der Waals surface area contributed by atoms with E-state index in [0.29, 0.717) is 10.9 Å². The average molecular weight is 333 g/mol. The number of rotatable bonds is 4. The van der Waals surface area contributed by atoms with Crippen LogP contribution in [0.5, 0.6) is 0 Å². The molecule has 1 N–H and O–H groups in total. The number of nitrogens with one attached hydrogen (secondary N) is 1. The Morgan fingerprint density at radius 1 is 1.26 bits per heavy atom. The Morgan fingerprint density at radius 2 is 1.96 bits per heavy atom. The van der Waals surface area contributed by atoms with Crippen LogP contribution < -0.4 is 4.90 Å². The van der Waals surface area contributed by atoms with Gasteiger partial charge in [0.25, 0.3) is 0 Å². The number of thioether (sulfide) groups is 1. The molecule has 0 spiro atoms. The fourth-order valence-electron chi connectivity index (χ4n) is 2.47. The van der Waals surface area contributed by atoms with E-state index in [1.165, 1.54) is 22.2 Å². The van der Waals surface area contributed by atoms with Gasteiger partial charge >= 0.3 is 0 Å². The Labute approximate surface area is 139 Å². The molecule has 1 fully saturated rings. The van der Waals surface area contributed by atoms with Gasteiger partial charge in [-0.15, -0.1) is 5.10 Å². The van der Waals surface area contributed by atoms with E-state index < -0.39 is 0 Å². The second kappa shape index (κ2) is 7.10. The van der Waals surface area contributed by atoms with Crippen LogP contribution in [0.4, 0.5) is 0 Å². The van der Waals surface area contributed by atoms with E-state index in [1.54, 1.807) is 4.68 Å². The summed E-state index contributed by atoms with van der Waals surface area (Å²) < 4.78 is 1.67. The van der Waals surface area contributed by atoms with Crippen molar-refractivity contribution in [2.24, 2.45) is 0 Å². The lowest BCUT2D eigenvalue weighted by atomic mass is 10.2. The number of quaternary nitrogens is 1. The van der Waals surface area contributed by atoms with Crippen molar-refractivity contribution >= 4 is 17.7 Å². The number of carbonyl (C=O) groups excluding carboxylic acids is 1. The molecule has 3 rings (SSSR count). The Bertz CT molecular complexity index is 663. The zero-order valence-electron chi connectivity index (χ0n) is 13.4. The van der Waals surface area contributed by atoms with Gasteiger partial charge in [-0.1, -0.05) is 29.5 Å². The topological polar surface area (TPSA) is 68.4 Å². The monoisotopic (exact) mass is 333 g/mol. The van der Waals surface area contributed by atoms with Crippen molar-refractivity contribution in [2.45, 2.75) is 12.1 Å². The Hall–Kier alpha value is -1.93. The lowest BCUT2D eigenvalue weighted by Gasteiger charge is -2.29. The van der Waals surface area contributed by atoms with E-state index in [9.17, 15) is 4.79 Å². The van der Waals surface area contributed by atoms with Crippen LogP contribution >= 0.6 is 11.8 Å². The van der Waals surface area contributed by atoms with E-state index in [-0.39, 0.29) is 5.91 Å². The molecule has 2 heterocycles. The molecule has 7 nitrogen and oxygen atoms in total. The summed E-state index contributed by atoms with van der Waals surface area (Å²) in [6, 6.07) is 7.98. The van der Waals surface area contributed by atoms with Crippen LogP contribution in [0, 0.1) is 6.92 Å². The van der Waals surface area contributed by atoms with Crippen LogP contribution in [0.25, 0.3) is 5.69 Å². The quantitative estimate of drug-likeness (QED) is 0.758. The van der Waals surface area contributed by atoms with Crippen molar-refractivity contribution in [2.75, 3.05) is 39.0 Å². The molecule has 122 valence electrons. The van der Waals surface area contributed by atoms with Crippen LogP contribution in [-0.2, 0) is 4.79 Å². The molecule has 0 unspecified atom stereocenters. The van der Waals surface area contributed by atoms with E-state index >= 15 is 0 Å². The minimum atomic E-state index is 0.154. The number of hydrogen-bond acceptors (Lipinski definition) is 5. The maximum Gasteiger partial charge on any atom is 0.233 e. The first-order valence-corrected chi connectivity index (χ1v) is 8.69. The van der Waals surface area contributed by atoms with Gasteiger partial charge in [0.2, 0.25) is 11.1 Å². The molecule has 1 aromatic carbocycles. The SMILES string of the molecule is Cc1ccc(-n2nnnc2SCC(=O)N2CC[NH+](C)CC2)cc1. The summed E-state index contributed by atoms with van der Waals surface area (Å²) >= 11 is 1.38. The first-order chi connectivity index (χ1) is 11.1. The van der Waals surface area contributed by atoms with E-state index in [2.05, 4.69) is 22.6 Å². The predicted molar refractivity (Wildman–Crippen MR) is 87.8 cm³/mol. The van der Waals surface area contributed by atoms with Gasteiger partial charge in [0.05, 0.1) is 44.7 Å². The van der Waals surface area contributed by atoms with Crippen molar-refractivity contribution < 1.29 is 9.69 Å². The molecular formula is C15H21N6OS+. The second-order valence-electron chi connectivity index (χ2n) is 5.84. The third-order valence-corrected chi connectivity index (χ3v) is 4.92. The fraction of sp³-hybridized carbons (Fsp3) is 0.467. The third kappa shape index (κ3) is 3.89. The fourth-order valence-corrected chi connectivity index (χ4v) is 3.27. The third-order valence-electron chi connectivity index (χ3n) is 4.01. The number of tetrazole rings is 1. The molecule has 2 aromatic rings. The van der Waals surface area contributed by atoms with Crippen molar-refractivity contribution in [3.8, 4) is 5.69 Å². The average Bonchev–Trinajstić information content (AvgIpc) is 3.02.